The topological polar surface area (TPSA) is 185 Å². The van der Waals surface area contributed by atoms with Gasteiger partial charge in [0.2, 0.25) is 5.88 Å². The van der Waals surface area contributed by atoms with Crippen LogP contribution in [0.5, 0.6) is 5.88 Å². The van der Waals surface area contributed by atoms with Crippen molar-refractivity contribution in [2.24, 2.45) is 5.41 Å². The molecule has 3 aromatic carbocycles. The van der Waals surface area contributed by atoms with Gasteiger partial charge in [-0.3, -0.25) is 19.8 Å². The highest BCUT2D eigenvalue weighted by Crippen LogP contribution is 2.54. The van der Waals surface area contributed by atoms with Crippen molar-refractivity contribution in [3.63, 3.8) is 0 Å². The molecule has 16 nitrogen and oxygen atoms in total. The first-order valence-electron chi connectivity index (χ1n) is 22.6. The number of benzene rings is 3. The first-order valence-corrected chi connectivity index (χ1v) is 24.1. The van der Waals surface area contributed by atoms with Crippen LogP contribution in [0.3, 0.4) is 0 Å². The number of H-pyrrole nitrogens is 1. The second kappa shape index (κ2) is 17.8. The number of ether oxygens (including phenoxy) is 3. The minimum atomic E-state index is -4.58. The maximum absolute atomic E-state index is 14.4. The number of pyridine rings is 1. The zero-order valence-electron chi connectivity index (χ0n) is 36.2. The quantitative estimate of drug-likeness (QED) is 0.0824. The normalized spacial score (nSPS) is 21.3. The number of hydrogen-bond donors (Lipinski definition) is 3. The summed E-state index contributed by atoms with van der Waals surface area (Å²) in [6.07, 6.45) is 10.9. The third-order valence-corrected chi connectivity index (χ3v) is 15.4. The van der Waals surface area contributed by atoms with Gasteiger partial charge in [0.15, 0.2) is 0 Å². The second-order valence-electron chi connectivity index (χ2n) is 17.9. The SMILES string of the molecule is C=Cc1ccccc1[C@@H]1CCCN1C1CC2(CCN(c3ccc(C(=O)NS(=O)(=O)c4ccc(NC[C@H]5COCCO5)c([N+](=O)[O-])c4)c(N4CCCOc5nc6[nH]ccc6cc54)c3)CC2)C1. The molecule has 340 valence electrons. The van der Waals surface area contributed by atoms with E-state index in [1.165, 1.54) is 48.9 Å². The van der Waals surface area contributed by atoms with Gasteiger partial charge in [-0.2, -0.15) is 4.98 Å². The molecule has 3 saturated heterocycles. The van der Waals surface area contributed by atoms with E-state index >= 15 is 0 Å². The molecule has 1 amide bonds. The number of nitrogens with one attached hydrogen (secondary N) is 3. The van der Waals surface area contributed by atoms with Crippen LogP contribution < -0.4 is 24.6 Å². The first kappa shape index (κ1) is 42.9. The Labute approximate surface area is 378 Å². The van der Waals surface area contributed by atoms with Gasteiger partial charge in [0.1, 0.15) is 17.0 Å². The Morgan fingerprint density at radius 1 is 0.985 bits per heavy atom. The Balaban J connectivity index is 0.899. The van der Waals surface area contributed by atoms with Crippen molar-refractivity contribution in [1.29, 1.82) is 0 Å². The number of anilines is 4. The minimum absolute atomic E-state index is 0.117. The molecule has 1 saturated carbocycles. The van der Waals surface area contributed by atoms with E-state index in [2.05, 4.69) is 55.7 Å². The molecule has 17 heteroatoms. The van der Waals surface area contributed by atoms with Crippen molar-refractivity contribution in [3.8, 4) is 5.88 Å². The molecule has 3 N–H and O–H groups in total. The fraction of sp³-hybridized carbons (Fsp3) is 0.417. The van der Waals surface area contributed by atoms with Crippen LogP contribution in [-0.2, 0) is 19.5 Å². The number of piperidine rings is 1. The third-order valence-electron chi connectivity index (χ3n) is 14.0. The van der Waals surface area contributed by atoms with Gasteiger partial charge in [-0.1, -0.05) is 36.9 Å². The summed E-state index contributed by atoms with van der Waals surface area (Å²) in [5.74, 6) is -0.472. The molecule has 4 fully saturated rings. The van der Waals surface area contributed by atoms with Crippen LogP contribution in [0.15, 0.2) is 90.5 Å². The van der Waals surface area contributed by atoms with Crippen molar-refractivity contribution in [1.82, 2.24) is 19.6 Å². The van der Waals surface area contributed by atoms with Crippen LogP contribution in [0.25, 0.3) is 17.1 Å². The molecule has 0 unspecified atom stereocenters. The van der Waals surface area contributed by atoms with Gasteiger partial charge < -0.3 is 34.3 Å². The van der Waals surface area contributed by atoms with Crippen LogP contribution in [0.4, 0.5) is 28.4 Å². The molecular formula is C48H54N8O8S. The molecular weight excluding hydrogens is 849 g/mol. The molecule has 0 radical (unpaired) electrons. The summed E-state index contributed by atoms with van der Waals surface area (Å²) >= 11 is 0. The summed E-state index contributed by atoms with van der Waals surface area (Å²) in [6, 6.07) is 22.6. The monoisotopic (exact) mass is 902 g/mol. The molecule has 1 aliphatic carbocycles. The van der Waals surface area contributed by atoms with Crippen molar-refractivity contribution in [2.45, 2.75) is 68.0 Å². The number of carbonyl (C=O) groups is 1. The van der Waals surface area contributed by atoms with E-state index in [4.69, 9.17) is 19.2 Å². The summed E-state index contributed by atoms with van der Waals surface area (Å²) in [6.45, 7) is 9.22. The largest absolute Gasteiger partial charge is 0.476 e. The molecule has 2 aromatic heterocycles. The van der Waals surface area contributed by atoms with Crippen molar-refractivity contribution < 1.29 is 32.3 Å². The number of nitrogens with zero attached hydrogens (tertiary/aromatic N) is 5. The lowest BCUT2D eigenvalue weighted by Gasteiger charge is -2.56. The standard InChI is InChI=1S/C48H54N8O8S/c1-2-32-7-3-4-8-38(32)41-9-5-18-54(41)35-28-48(29-35)15-20-53(21-16-48)34-10-12-39(42(26-34)55-19-6-22-64-47-44(55)25-33-14-17-49-45(33)51-47)46(57)52-65(60,61)37-11-13-40(43(27-37)56(58)59)50-30-36-31-62-23-24-63-36/h2-4,7-8,10-14,17,25-27,35-36,41,50H,1,5-6,9,15-16,18-24,28-31H2,(H,49,51)(H,52,57)/t36-,41-/m0/s1. The van der Waals surface area contributed by atoms with Crippen molar-refractivity contribution in [2.75, 3.05) is 74.3 Å². The lowest BCUT2D eigenvalue weighted by atomic mass is 9.59. The van der Waals surface area contributed by atoms with E-state index in [0.29, 0.717) is 79.8 Å². The number of fused-ring (bicyclic) bond motifs is 2. The predicted molar refractivity (Wildman–Crippen MR) is 249 cm³/mol. The summed E-state index contributed by atoms with van der Waals surface area (Å²) in [5.41, 5.74) is 5.43. The van der Waals surface area contributed by atoms with Gasteiger partial charge in [0.25, 0.3) is 21.6 Å². The Hall–Kier alpha value is -6.01. The number of nitro benzene ring substituents is 1. The number of rotatable bonds is 12. The average Bonchev–Trinajstić information content (AvgIpc) is 3.94. The molecule has 4 aliphatic heterocycles. The van der Waals surface area contributed by atoms with Gasteiger partial charge in [-0.15, -0.1) is 0 Å². The Morgan fingerprint density at radius 3 is 2.63 bits per heavy atom. The highest BCUT2D eigenvalue weighted by molar-refractivity contribution is 7.90. The molecule has 65 heavy (non-hydrogen) atoms. The second-order valence-corrected chi connectivity index (χ2v) is 19.6. The first-order chi connectivity index (χ1) is 31.6. The van der Waals surface area contributed by atoms with Gasteiger partial charge in [0.05, 0.1) is 53.6 Å². The molecule has 0 bridgehead atoms. The number of carbonyl (C=O) groups excluding carboxylic acids is 1. The number of likely N-dealkylation sites (tertiary alicyclic amines) is 1. The summed E-state index contributed by atoms with van der Waals surface area (Å²) in [7, 11) is -4.58. The molecule has 5 aromatic rings. The van der Waals surface area contributed by atoms with Gasteiger partial charge >= 0.3 is 0 Å². The van der Waals surface area contributed by atoms with E-state index in [0.717, 1.165) is 49.6 Å². The Kier molecular flexibility index (Phi) is 11.7. The summed E-state index contributed by atoms with van der Waals surface area (Å²) in [4.78, 5) is 40.5. The number of hydrogen-bond acceptors (Lipinski definition) is 13. The number of sulfonamides is 1. The smallest absolute Gasteiger partial charge is 0.293 e. The zero-order chi connectivity index (χ0) is 44.7. The maximum atomic E-state index is 14.4. The lowest BCUT2D eigenvalue weighted by Crippen LogP contribution is -2.54. The maximum Gasteiger partial charge on any atom is 0.293 e. The third kappa shape index (κ3) is 8.53. The predicted octanol–water partition coefficient (Wildman–Crippen LogP) is 7.57. The molecule has 5 aliphatic rings. The van der Waals surface area contributed by atoms with E-state index in [-0.39, 0.29) is 23.9 Å². The molecule has 2 atom stereocenters. The highest BCUT2D eigenvalue weighted by Gasteiger charge is 2.50. The van der Waals surface area contributed by atoms with E-state index in [9.17, 15) is 23.3 Å². The number of aromatic amines is 1. The molecule has 10 rings (SSSR count). The number of amides is 1. The van der Waals surface area contributed by atoms with E-state index in [1.54, 1.807) is 12.3 Å². The van der Waals surface area contributed by atoms with Crippen LogP contribution in [-0.4, -0.2) is 105 Å². The fourth-order valence-corrected chi connectivity index (χ4v) is 11.6. The molecule has 1 spiro atoms. The van der Waals surface area contributed by atoms with Crippen molar-refractivity contribution in [3.05, 3.63) is 112 Å². The minimum Gasteiger partial charge on any atom is -0.476 e. The number of aromatic nitrogens is 2. The fourth-order valence-electron chi connectivity index (χ4n) is 10.6. The Morgan fingerprint density at radius 2 is 1.83 bits per heavy atom. The molecule has 6 heterocycles. The Bertz CT molecular complexity index is 2720. The van der Waals surface area contributed by atoms with Gasteiger partial charge in [-0.05, 0) is 110 Å². The van der Waals surface area contributed by atoms with Crippen LogP contribution in [0.1, 0.15) is 72.5 Å². The van der Waals surface area contributed by atoms with E-state index in [1.807, 2.05) is 35.2 Å². The van der Waals surface area contributed by atoms with Crippen molar-refractivity contribution >= 4 is 61.5 Å². The van der Waals surface area contributed by atoms with Crippen LogP contribution in [0.2, 0.25) is 0 Å². The lowest BCUT2D eigenvalue weighted by molar-refractivity contribution is -0.384. The summed E-state index contributed by atoms with van der Waals surface area (Å²) < 4.78 is 47.3. The zero-order valence-corrected chi connectivity index (χ0v) is 37.1. The van der Waals surface area contributed by atoms with Gasteiger partial charge in [0, 0.05) is 61.6 Å². The van der Waals surface area contributed by atoms with Crippen LogP contribution >= 0.6 is 0 Å². The van der Waals surface area contributed by atoms with Gasteiger partial charge in [-0.25, -0.2) is 13.1 Å². The number of nitro groups is 1. The highest BCUT2D eigenvalue weighted by atomic mass is 32.2. The van der Waals surface area contributed by atoms with Crippen LogP contribution in [0, 0.1) is 15.5 Å². The average molecular weight is 903 g/mol. The summed E-state index contributed by atoms with van der Waals surface area (Å²) in [5, 5.41) is 16.0. The van der Waals surface area contributed by atoms with E-state index < -0.39 is 31.4 Å².